The van der Waals surface area contributed by atoms with Crippen LogP contribution >= 0.6 is 11.3 Å². The predicted octanol–water partition coefficient (Wildman–Crippen LogP) is 3.08. The molecule has 1 aromatic carbocycles. The van der Waals surface area contributed by atoms with Gasteiger partial charge in [0.15, 0.2) is 0 Å². The molecule has 28 heavy (non-hydrogen) atoms. The summed E-state index contributed by atoms with van der Waals surface area (Å²) in [6.07, 6.45) is 3.73. The first-order chi connectivity index (χ1) is 13.6. The molecule has 2 aromatic heterocycles. The molecule has 1 aliphatic rings. The number of carbonyl (C=O) groups excluding carboxylic acids is 1. The average molecular weight is 395 g/mol. The van der Waals surface area contributed by atoms with Crippen LogP contribution in [0.3, 0.4) is 0 Å². The molecule has 0 aliphatic carbocycles. The van der Waals surface area contributed by atoms with Crippen LogP contribution in [-0.4, -0.2) is 38.5 Å². The number of nitrogens with one attached hydrogen (secondary N) is 1. The fourth-order valence-electron chi connectivity index (χ4n) is 3.36. The Morgan fingerprint density at radius 1 is 1.32 bits per heavy atom. The Kier molecular flexibility index (Phi) is 5.47. The molecular weight excluding hydrogens is 372 g/mol. The lowest BCUT2D eigenvalue weighted by atomic mass is 10.1. The van der Waals surface area contributed by atoms with Crippen LogP contribution in [0.4, 0.5) is 5.69 Å². The number of anilines is 1. The molecule has 4 rings (SSSR count). The molecule has 0 unspecified atom stereocenters. The molecule has 7 heteroatoms. The Balaban J connectivity index is 1.43. The third kappa shape index (κ3) is 3.96. The van der Waals surface area contributed by atoms with Crippen molar-refractivity contribution >= 4 is 22.9 Å². The van der Waals surface area contributed by atoms with Gasteiger partial charge in [0.2, 0.25) is 5.91 Å². The number of hydrogen-bond donors (Lipinski definition) is 2. The lowest BCUT2D eigenvalue weighted by molar-refractivity contribution is -0.115. The van der Waals surface area contributed by atoms with E-state index in [1.807, 2.05) is 36.6 Å². The molecule has 0 bridgehead atoms. The van der Waals surface area contributed by atoms with Gasteiger partial charge in [0, 0.05) is 48.2 Å². The zero-order valence-electron chi connectivity index (χ0n) is 15.6. The highest BCUT2D eigenvalue weighted by Crippen LogP contribution is 2.30. The number of amides is 1. The fraction of sp³-hybridized carbons (Fsp3) is 0.286. The molecule has 1 amide bonds. The summed E-state index contributed by atoms with van der Waals surface area (Å²) in [5.41, 5.74) is 4.89. The van der Waals surface area contributed by atoms with Crippen LogP contribution < -0.4 is 5.32 Å². The van der Waals surface area contributed by atoms with Crippen LogP contribution in [-0.2, 0) is 24.3 Å². The van der Waals surface area contributed by atoms with Crippen molar-refractivity contribution in [3.8, 4) is 10.6 Å². The number of hydrogen-bond acceptors (Lipinski definition) is 6. The fourth-order valence-corrected chi connectivity index (χ4v) is 4.17. The minimum atomic E-state index is -0.0786. The van der Waals surface area contributed by atoms with Crippen LogP contribution in [0.1, 0.15) is 23.7 Å². The summed E-state index contributed by atoms with van der Waals surface area (Å²) in [5.74, 6) is -0.0786. The first kappa shape index (κ1) is 18.7. The van der Waals surface area contributed by atoms with Crippen molar-refractivity contribution in [1.29, 1.82) is 0 Å². The van der Waals surface area contributed by atoms with E-state index in [1.54, 1.807) is 12.4 Å². The zero-order valence-corrected chi connectivity index (χ0v) is 16.4. The maximum atomic E-state index is 12.6. The van der Waals surface area contributed by atoms with Crippen molar-refractivity contribution in [3.05, 3.63) is 64.9 Å². The molecule has 0 saturated carbocycles. The monoisotopic (exact) mass is 394 g/mol. The molecule has 0 spiro atoms. The summed E-state index contributed by atoms with van der Waals surface area (Å²) < 4.78 is 0. The van der Waals surface area contributed by atoms with Gasteiger partial charge in [-0.25, -0.2) is 4.98 Å². The Morgan fingerprint density at radius 2 is 2.21 bits per heavy atom. The van der Waals surface area contributed by atoms with E-state index in [-0.39, 0.29) is 25.0 Å². The van der Waals surface area contributed by atoms with E-state index >= 15 is 0 Å². The van der Waals surface area contributed by atoms with Crippen molar-refractivity contribution in [3.63, 3.8) is 0 Å². The molecule has 2 N–H and O–H groups in total. The van der Waals surface area contributed by atoms with Gasteiger partial charge in [-0.3, -0.25) is 14.7 Å². The minimum absolute atomic E-state index is 0.0786. The number of aromatic nitrogens is 2. The highest BCUT2D eigenvalue weighted by atomic mass is 32.1. The van der Waals surface area contributed by atoms with E-state index in [9.17, 15) is 9.90 Å². The van der Waals surface area contributed by atoms with Gasteiger partial charge < -0.3 is 10.4 Å². The Bertz CT molecular complexity index is 974. The third-order valence-electron chi connectivity index (χ3n) is 4.97. The molecule has 1 aliphatic heterocycles. The van der Waals surface area contributed by atoms with Gasteiger partial charge in [-0.15, -0.1) is 11.3 Å². The van der Waals surface area contributed by atoms with Gasteiger partial charge in [-0.05, 0) is 36.2 Å². The number of benzene rings is 1. The molecule has 0 fully saturated rings. The lowest BCUT2D eigenvalue weighted by Crippen LogP contribution is -2.30. The van der Waals surface area contributed by atoms with Crippen LogP contribution in [0, 0.1) is 0 Å². The third-order valence-corrected chi connectivity index (χ3v) is 5.91. The largest absolute Gasteiger partial charge is 0.395 e. The summed E-state index contributed by atoms with van der Waals surface area (Å²) in [5, 5.41) is 15.2. The number of pyridine rings is 1. The molecule has 1 atom stereocenters. The van der Waals surface area contributed by atoms with Crippen LogP contribution in [0.25, 0.3) is 10.6 Å². The van der Waals surface area contributed by atoms with Gasteiger partial charge in [0.1, 0.15) is 5.01 Å². The standard InChI is InChI=1S/C21H22N4O2S/c1-14(12-26)25-10-16-4-2-6-19(18(16)11-25)24-20(27)8-17-13-28-21(23-17)15-5-3-7-22-9-15/h2-7,9,13-14,26H,8,10-12H2,1H3,(H,24,27)/t14-/m0/s1. The topological polar surface area (TPSA) is 78.4 Å². The SMILES string of the molecule is C[C@@H](CO)N1Cc2cccc(NC(=O)Cc3csc(-c4cccnc4)n3)c2C1. The Morgan fingerprint density at radius 3 is 3.00 bits per heavy atom. The predicted molar refractivity (Wildman–Crippen MR) is 110 cm³/mol. The first-order valence-electron chi connectivity index (χ1n) is 9.24. The van der Waals surface area contributed by atoms with E-state index in [0.717, 1.165) is 40.6 Å². The second-order valence-corrected chi connectivity index (χ2v) is 7.85. The summed E-state index contributed by atoms with van der Waals surface area (Å²) >= 11 is 1.52. The second-order valence-electron chi connectivity index (χ2n) is 6.99. The number of fused-ring (bicyclic) bond motifs is 1. The molecule has 144 valence electrons. The number of aliphatic hydroxyl groups excluding tert-OH is 1. The number of rotatable bonds is 6. The van der Waals surface area contributed by atoms with Gasteiger partial charge in [0.05, 0.1) is 18.7 Å². The van der Waals surface area contributed by atoms with Gasteiger partial charge in [-0.1, -0.05) is 12.1 Å². The molecule has 3 aromatic rings. The number of thiazole rings is 1. The highest BCUT2D eigenvalue weighted by Gasteiger charge is 2.25. The minimum Gasteiger partial charge on any atom is -0.395 e. The van der Waals surface area contributed by atoms with Crippen LogP contribution in [0.2, 0.25) is 0 Å². The van der Waals surface area contributed by atoms with Gasteiger partial charge in [0.25, 0.3) is 0 Å². The molecule has 3 heterocycles. The molecule has 6 nitrogen and oxygen atoms in total. The smallest absolute Gasteiger partial charge is 0.230 e. The summed E-state index contributed by atoms with van der Waals surface area (Å²) in [7, 11) is 0. The van der Waals surface area contributed by atoms with E-state index < -0.39 is 0 Å². The van der Waals surface area contributed by atoms with Crippen LogP contribution in [0.5, 0.6) is 0 Å². The van der Waals surface area contributed by atoms with E-state index in [2.05, 4.69) is 26.3 Å². The lowest BCUT2D eigenvalue weighted by Gasteiger charge is -2.21. The van der Waals surface area contributed by atoms with E-state index in [1.165, 1.54) is 16.9 Å². The molecular formula is C21H22N4O2S. The van der Waals surface area contributed by atoms with Crippen molar-refractivity contribution in [1.82, 2.24) is 14.9 Å². The number of carbonyl (C=O) groups is 1. The highest BCUT2D eigenvalue weighted by molar-refractivity contribution is 7.13. The molecule has 0 radical (unpaired) electrons. The van der Waals surface area contributed by atoms with Crippen molar-refractivity contribution in [2.75, 3.05) is 11.9 Å². The summed E-state index contributed by atoms with van der Waals surface area (Å²) in [6.45, 7) is 3.65. The van der Waals surface area contributed by atoms with E-state index in [4.69, 9.17) is 0 Å². The Hall–Kier alpha value is -2.61. The van der Waals surface area contributed by atoms with Gasteiger partial charge in [-0.2, -0.15) is 0 Å². The first-order valence-corrected chi connectivity index (χ1v) is 10.1. The van der Waals surface area contributed by atoms with Crippen molar-refractivity contribution in [2.24, 2.45) is 0 Å². The number of nitrogens with zero attached hydrogens (tertiary/aromatic N) is 3. The normalized spacial score (nSPS) is 14.6. The van der Waals surface area contributed by atoms with Crippen LogP contribution in [0.15, 0.2) is 48.1 Å². The maximum Gasteiger partial charge on any atom is 0.230 e. The summed E-state index contributed by atoms with van der Waals surface area (Å²) in [4.78, 5) is 23.5. The second kappa shape index (κ2) is 8.18. The molecule has 0 saturated heterocycles. The summed E-state index contributed by atoms with van der Waals surface area (Å²) in [6, 6.07) is 9.91. The van der Waals surface area contributed by atoms with E-state index in [0.29, 0.717) is 0 Å². The van der Waals surface area contributed by atoms with Crippen molar-refractivity contribution in [2.45, 2.75) is 32.5 Å². The average Bonchev–Trinajstić information content (AvgIpc) is 3.35. The zero-order chi connectivity index (χ0) is 19.5. The number of aliphatic hydroxyl groups is 1. The van der Waals surface area contributed by atoms with Crippen molar-refractivity contribution < 1.29 is 9.90 Å². The quantitative estimate of drug-likeness (QED) is 0.672. The maximum absolute atomic E-state index is 12.6. The van der Waals surface area contributed by atoms with Gasteiger partial charge >= 0.3 is 0 Å². The Labute approximate surface area is 167 Å².